The van der Waals surface area contributed by atoms with Gasteiger partial charge in [0, 0.05) is 22.6 Å². The minimum Gasteiger partial charge on any atom is -0.383 e. The molecule has 5 heteroatoms. The molecule has 0 spiro atoms. The molecule has 0 radical (unpaired) electrons. The van der Waals surface area contributed by atoms with E-state index < -0.39 is 0 Å². The minimum atomic E-state index is -0.0639. The van der Waals surface area contributed by atoms with E-state index in [0.29, 0.717) is 23.5 Å². The van der Waals surface area contributed by atoms with Crippen LogP contribution in [0, 0.1) is 0 Å². The molecule has 0 aliphatic heterocycles. The fraction of sp³-hybridized carbons (Fsp3) is 0.125. The first-order valence-electron chi connectivity index (χ1n) is 6.68. The Hall–Kier alpha value is -2.33. The van der Waals surface area contributed by atoms with Crippen molar-refractivity contribution in [2.75, 3.05) is 11.9 Å². The van der Waals surface area contributed by atoms with E-state index >= 15 is 0 Å². The highest BCUT2D eigenvalue weighted by Crippen LogP contribution is 2.13. The highest BCUT2D eigenvalue weighted by molar-refractivity contribution is 6.30. The van der Waals surface area contributed by atoms with Gasteiger partial charge in [0.15, 0.2) is 0 Å². The molecule has 0 aliphatic carbocycles. The van der Waals surface area contributed by atoms with Crippen LogP contribution in [0.3, 0.4) is 0 Å². The van der Waals surface area contributed by atoms with Gasteiger partial charge in [0.1, 0.15) is 0 Å². The summed E-state index contributed by atoms with van der Waals surface area (Å²) >= 11 is 5.83. The van der Waals surface area contributed by atoms with Gasteiger partial charge in [-0.1, -0.05) is 29.8 Å². The molecule has 21 heavy (non-hydrogen) atoms. The third-order valence-electron chi connectivity index (χ3n) is 3.26. The second-order valence-corrected chi connectivity index (χ2v) is 5.13. The number of hydrogen-bond donors (Lipinski definition) is 1. The van der Waals surface area contributed by atoms with E-state index in [0.717, 1.165) is 11.1 Å². The lowest BCUT2D eigenvalue weighted by Crippen LogP contribution is -2.26. The standard InChI is InChI=1S/C16H14ClN3O/c17-13-5-7-14(8-6-13)18-9-10-20-16(21)15-4-2-1-3-12(15)11-19-20/h1-8,11,18H,9-10H2. The van der Waals surface area contributed by atoms with Crippen LogP contribution in [-0.4, -0.2) is 16.3 Å². The fourth-order valence-corrected chi connectivity index (χ4v) is 2.29. The van der Waals surface area contributed by atoms with Gasteiger partial charge >= 0.3 is 0 Å². The predicted octanol–water partition coefficient (Wildman–Crippen LogP) is 3.16. The fourth-order valence-electron chi connectivity index (χ4n) is 2.16. The molecule has 1 heterocycles. The van der Waals surface area contributed by atoms with Crippen LogP contribution in [0.5, 0.6) is 0 Å². The van der Waals surface area contributed by atoms with Gasteiger partial charge in [-0.05, 0) is 30.3 Å². The van der Waals surface area contributed by atoms with Gasteiger partial charge in [-0.25, -0.2) is 4.68 Å². The maximum absolute atomic E-state index is 12.3. The molecule has 106 valence electrons. The zero-order valence-corrected chi connectivity index (χ0v) is 12.0. The van der Waals surface area contributed by atoms with Gasteiger partial charge in [0.05, 0.1) is 18.1 Å². The number of nitrogens with one attached hydrogen (secondary N) is 1. The van der Waals surface area contributed by atoms with Crippen LogP contribution >= 0.6 is 11.6 Å². The highest BCUT2D eigenvalue weighted by Gasteiger charge is 2.02. The number of anilines is 1. The number of rotatable bonds is 4. The van der Waals surface area contributed by atoms with Crippen molar-refractivity contribution in [3.05, 3.63) is 70.1 Å². The van der Waals surface area contributed by atoms with Crippen molar-refractivity contribution < 1.29 is 0 Å². The van der Waals surface area contributed by atoms with E-state index in [2.05, 4.69) is 10.4 Å². The van der Waals surface area contributed by atoms with E-state index in [-0.39, 0.29) is 5.56 Å². The van der Waals surface area contributed by atoms with Crippen LogP contribution in [-0.2, 0) is 6.54 Å². The summed E-state index contributed by atoms with van der Waals surface area (Å²) in [6.45, 7) is 1.12. The molecule has 0 fully saturated rings. The molecule has 3 rings (SSSR count). The first kappa shape index (κ1) is 13.6. The molecule has 3 aromatic rings. The molecule has 1 aromatic heterocycles. The molecule has 4 nitrogen and oxygen atoms in total. The molecule has 2 aromatic carbocycles. The number of halogens is 1. The molecule has 1 N–H and O–H groups in total. The van der Waals surface area contributed by atoms with Gasteiger partial charge in [-0.15, -0.1) is 0 Å². The van der Waals surface area contributed by atoms with E-state index in [1.165, 1.54) is 4.68 Å². The largest absolute Gasteiger partial charge is 0.383 e. The molecular formula is C16H14ClN3O. The third kappa shape index (κ3) is 3.06. The predicted molar refractivity (Wildman–Crippen MR) is 85.9 cm³/mol. The average Bonchev–Trinajstić information content (AvgIpc) is 2.52. The normalized spacial score (nSPS) is 10.7. The van der Waals surface area contributed by atoms with Gasteiger partial charge in [0.2, 0.25) is 0 Å². The molecule has 0 atom stereocenters. The summed E-state index contributed by atoms with van der Waals surface area (Å²) in [5.41, 5.74) is 0.902. The smallest absolute Gasteiger partial charge is 0.274 e. The van der Waals surface area contributed by atoms with Crippen molar-refractivity contribution in [3.8, 4) is 0 Å². The molecule has 0 bridgehead atoms. The number of hydrogen-bond acceptors (Lipinski definition) is 3. The van der Waals surface area contributed by atoms with Crippen LogP contribution in [0.1, 0.15) is 0 Å². The zero-order chi connectivity index (χ0) is 14.7. The van der Waals surface area contributed by atoms with Crippen molar-refractivity contribution in [2.45, 2.75) is 6.54 Å². The Morgan fingerprint density at radius 2 is 1.86 bits per heavy atom. The summed E-state index contributed by atoms with van der Waals surface area (Å²) < 4.78 is 1.48. The summed E-state index contributed by atoms with van der Waals surface area (Å²) in [6.07, 6.45) is 1.72. The van der Waals surface area contributed by atoms with Crippen LogP contribution in [0.4, 0.5) is 5.69 Å². The Morgan fingerprint density at radius 1 is 1.10 bits per heavy atom. The van der Waals surface area contributed by atoms with Crippen LogP contribution in [0.2, 0.25) is 5.02 Å². The summed E-state index contributed by atoms with van der Waals surface area (Å²) in [4.78, 5) is 12.3. The van der Waals surface area contributed by atoms with Gasteiger partial charge < -0.3 is 5.32 Å². The molecular weight excluding hydrogens is 286 g/mol. The first-order chi connectivity index (χ1) is 10.2. The van der Waals surface area contributed by atoms with Crippen molar-refractivity contribution in [2.24, 2.45) is 0 Å². The lowest BCUT2D eigenvalue weighted by molar-refractivity contribution is 0.604. The van der Waals surface area contributed by atoms with Crippen molar-refractivity contribution in [1.29, 1.82) is 0 Å². The molecule has 0 saturated heterocycles. The number of fused-ring (bicyclic) bond motifs is 1. The second-order valence-electron chi connectivity index (χ2n) is 4.69. The maximum atomic E-state index is 12.3. The molecule has 0 aliphatic rings. The van der Waals surface area contributed by atoms with E-state index in [9.17, 15) is 4.79 Å². The van der Waals surface area contributed by atoms with E-state index in [1.54, 1.807) is 6.20 Å². The lowest BCUT2D eigenvalue weighted by Gasteiger charge is -2.08. The average molecular weight is 300 g/mol. The Kier molecular flexibility index (Phi) is 3.88. The maximum Gasteiger partial charge on any atom is 0.274 e. The Balaban J connectivity index is 1.72. The lowest BCUT2D eigenvalue weighted by atomic mass is 10.2. The minimum absolute atomic E-state index is 0.0639. The van der Waals surface area contributed by atoms with Crippen molar-refractivity contribution in [1.82, 2.24) is 9.78 Å². The number of nitrogens with zero attached hydrogens (tertiary/aromatic N) is 2. The molecule has 0 amide bonds. The van der Waals surface area contributed by atoms with Crippen LogP contribution < -0.4 is 10.9 Å². The van der Waals surface area contributed by atoms with Gasteiger partial charge in [0.25, 0.3) is 5.56 Å². The topological polar surface area (TPSA) is 46.9 Å². The van der Waals surface area contributed by atoms with Crippen LogP contribution in [0.15, 0.2) is 59.5 Å². The zero-order valence-electron chi connectivity index (χ0n) is 11.3. The first-order valence-corrected chi connectivity index (χ1v) is 7.06. The summed E-state index contributed by atoms with van der Waals surface area (Å²) in [5, 5.41) is 9.69. The molecule has 0 saturated carbocycles. The van der Waals surface area contributed by atoms with Crippen molar-refractivity contribution >= 4 is 28.1 Å². The van der Waals surface area contributed by atoms with Crippen LogP contribution in [0.25, 0.3) is 10.8 Å². The third-order valence-corrected chi connectivity index (χ3v) is 3.51. The summed E-state index contributed by atoms with van der Waals surface area (Å²) in [6, 6.07) is 14.9. The highest BCUT2D eigenvalue weighted by atomic mass is 35.5. The SMILES string of the molecule is O=c1c2ccccc2cnn1CCNc1ccc(Cl)cc1. The monoisotopic (exact) mass is 299 g/mol. The Morgan fingerprint density at radius 3 is 2.67 bits per heavy atom. The molecule has 0 unspecified atom stereocenters. The number of aromatic nitrogens is 2. The quantitative estimate of drug-likeness (QED) is 0.805. The summed E-state index contributed by atoms with van der Waals surface area (Å²) in [5.74, 6) is 0. The van der Waals surface area contributed by atoms with E-state index in [4.69, 9.17) is 11.6 Å². The van der Waals surface area contributed by atoms with E-state index in [1.807, 2.05) is 48.5 Å². The van der Waals surface area contributed by atoms with Crippen molar-refractivity contribution in [3.63, 3.8) is 0 Å². The summed E-state index contributed by atoms with van der Waals surface area (Å²) in [7, 11) is 0. The number of benzene rings is 2. The Labute approximate surface area is 127 Å². The van der Waals surface area contributed by atoms with Gasteiger partial charge in [-0.3, -0.25) is 4.79 Å². The van der Waals surface area contributed by atoms with Gasteiger partial charge in [-0.2, -0.15) is 5.10 Å². The Bertz CT molecular complexity index is 812. The second kappa shape index (κ2) is 5.97.